The Morgan fingerprint density at radius 1 is 1.11 bits per heavy atom. The first-order chi connectivity index (χ1) is 9.28. The van der Waals surface area contributed by atoms with Crippen molar-refractivity contribution in [3.8, 4) is 17.2 Å². The fraction of sp³-hybridized carbons (Fsp3) is 0.333. The van der Waals surface area contributed by atoms with Gasteiger partial charge >= 0.3 is 0 Å². The third-order valence-electron chi connectivity index (χ3n) is 2.62. The first-order valence-corrected chi connectivity index (χ1v) is 6.36. The van der Waals surface area contributed by atoms with Gasteiger partial charge in [0, 0.05) is 30.2 Å². The van der Waals surface area contributed by atoms with Gasteiger partial charge in [0.1, 0.15) is 22.2 Å². The minimum absolute atomic E-state index is 0.556. The van der Waals surface area contributed by atoms with Crippen molar-refractivity contribution in [1.82, 2.24) is 9.59 Å². The van der Waals surface area contributed by atoms with Gasteiger partial charge in [-0.1, -0.05) is 4.49 Å². The lowest BCUT2D eigenvalue weighted by atomic mass is 10.1. The zero-order valence-electron chi connectivity index (χ0n) is 11.0. The summed E-state index contributed by atoms with van der Waals surface area (Å²) in [7, 11) is 4.84. The van der Waals surface area contributed by atoms with Crippen molar-refractivity contribution in [1.29, 1.82) is 0 Å². The number of aromatic nitrogens is 2. The summed E-state index contributed by atoms with van der Waals surface area (Å²) in [6.45, 7) is 0.556. The predicted molar refractivity (Wildman–Crippen MR) is 73.3 cm³/mol. The first-order valence-electron chi connectivity index (χ1n) is 5.58. The van der Waals surface area contributed by atoms with Crippen molar-refractivity contribution in [2.45, 2.75) is 6.54 Å². The summed E-state index contributed by atoms with van der Waals surface area (Å²) in [5, 5.41) is 7.88. The first kappa shape index (κ1) is 13.4. The topological polar surface area (TPSA) is 65.5 Å². The molecule has 0 saturated carbocycles. The molecule has 6 nitrogen and oxygen atoms in total. The summed E-state index contributed by atoms with van der Waals surface area (Å²) in [6.07, 6.45) is 1.67. The van der Waals surface area contributed by atoms with Crippen LogP contribution in [0.2, 0.25) is 0 Å². The van der Waals surface area contributed by atoms with Gasteiger partial charge in [0.2, 0.25) is 0 Å². The van der Waals surface area contributed by atoms with Crippen molar-refractivity contribution < 1.29 is 14.2 Å². The Labute approximate surface area is 115 Å². The minimum atomic E-state index is 0.556. The molecule has 0 aliphatic heterocycles. The van der Waals surface area contributed by atoms with E-state index in [4.69, 9.17) is 14.2 Å². The van der Waals surface area contributed by atoms with Crippen LogP contribution >= 0.6 is 11.5 Å². The van der Waals surface area contributed by atoms with Crippen molar-refractivity contribution in [2.24, 2.45) is 0 Å². The lowest BCUT2D eigenvalue weighted by Crippen LogP contribution is -2.04. The fourth-order valence-electron chi connectivity index (χ4n) is 1.67. The zero-order valence-corrected chi connectivity index (χ0v) is 11.8. The van der Waals surface area contributed by atoms with E-state index in [-0.39, 0.29) is 0 Å². The molecule has 0 aliphatic rings. The molecule has 0 aliphatic carbocycles. The van der Waals surface area contributed by atoms with Gasteiger partial charge in [-0.05, 0) is 0 Å². The van der Waals surface area contributed by atoms with Crippen LogP contribution in [-0.4, -0.2) is 30.9 Å². The average molecular weight is 281 g/mol. The molecule has 0 amide bonds. The van der Waals surface area contributed by atoms with Crippen LogP contribution in [0.5, 0.6) is 17.2 Å². The van der Waals surface area contributed by atoms with E-state index in [1.165, 1.54) is 11.5 Å². The second-order valence-corrected chi connectivity index (χ2v) is 4.43. The monoisotopic (exact) mass is 281 g/mol. The van der Waals surface area contributed by atoms with Crippen molar-refractivity contribution in [3.05, 3.63) is 23.9 Å². The molecule has 7 heteroatoms. The third-order valence-corrected chi connectivity index (χ3v) is 3.24. The van der Waals surface area contributed by atoms with Crippen LogP contribution in [-0.2, 0) is 6.54 Å². The minimum Gasteiger partial charge on any atom is -0.496 e. The Bertz CT molecular complexity index is 506. The molecule has 102 valence electrons. The van der Waals surface area contributed by atoms with Crippen LogP contribution in [0.4, 0.5) is 5.00 Å². The number of nitrogens with zero attached hydrogens (tertiary/aromatic N) is 2. The van der Waals surface area contributed by atoms with E-state index in [9.17, 15) is 0 Å². The molecule has 0 bridgehead atoms. The number of rotatable bonds is 6. The fourth-order valence-corrected chi connectivity index (χ4v) is 2.09. The zero-order chi connectivity index (χ0) is 13.7. The van der Waals surface area contributed by atoms with Gasteiger partial charge in [0.25, 0.3) is 0 Å². The number of hydrogen-bond acceptors (Lipinski definition) is 7. The van der Waals surface area contributed by atoms with Gasteiger partial charge in [-0.2, -0.15) is 0 Å². The Balaban J connectivity index is 2.26. The summed E-state index contributed by atoms with van der Waals surface area (Å²) in [6, 6.07) is 3.65. The summed E-state index contributed by atoms with van der Waals surface area (Å²) < 4.78 is 19.7. The van der Waals surface area contributed by atoms with Crippen LogP contribution < -0.4 is 19.5 Å². The highest BCUT2D eigenvalue weighted by Crippen LogP contribution is 2.34. The molecule has 1 N–H and O–H groups in total. The summed E-state index contributed by atoms with van der Waals surface area (Å²) in [4.78, 5) is 0. The Morgan fingerprint density at radius 3 is 2.26 bits per heavy atom. The number of hydrogen-bond donors (Lipinski definition) is 1. The highest BCUT2D eigenvalue weighted by molar-refractivity contribution is 7.09. The number of nitrogens with one attached hydrogen (secondary N) is 1. The van der Waals surface area contributed by atoms with Crippen molar-refractivity contribution in [2.75, 3.05) is 26.6 Å². The normalized spacial score (nSPS) is 10.1. The average Bonchev–Trinajstić information content (AvgIpc) is 2.97. The molecule has 2 rings (SSSR count). The maximum atomic E-state index is 5.37. The van der Waals surface area contributed by atoms with E-state index in [1.807, 2.05) is 12.1 Å². The molecule has 1 aromatic carbocycles. The quantitative estimate of drug-likeness (QED) is 0.875. The van der Waals surface area contributed by atoms with E-state index in [0.717, 1.165) is 10.6 Å². The molecule has 0 saturated heterocycles. The van der Waals surface area contributed by atoms with Crippen molar-refractivity contribution in [3.63, 3.8) is 0 Å². The Morgan fingerprint density at radius 2 is 1.79 bits per heavy atom. The number of ether oxygens (including phenoxy) is 3. The van der Waals surface area contributed by atoms with Crippen molar-refractivity contribution >= 4 is 16.5 Å². The molecular formula is C12H15N3O3S. The molecule has 0 spiro atoms. The van der Waals surface area contributed by atoms with E-state index < -0.39 is 0 Å². The lowest BCUT2D eigenvalue weighted by molar-refractivity contribution is 0.369. The second kappa shape index (κ2) is 6.24. The maximum absolute atomic E-state index is 5.37. The predicted octanol–water partition coefficient (Wildman–Crippen LogP) is 2.18. The molecular weight excluding hydrogens is 266 g/mol. The molecule has 0 unspecified atom stereocenters. The lowest BCUT2D eigenvalue weighted by Gasteiger charge is -2.15. The maximum Gasteiger partial charge on any atom is 0.131 e. The molecule has 0 fully saturated rings. The Hall–Kier alpha value is -2.02. The molecule has 1 aromatic heterocycles. The molecule has 19 heavy (non-hydrogen) atoms. The van der Waals surface area contributed by atoms with E-state index in [1.54, 1.807) is 27.5 Å². The molecule has 2 aromatic rings. The van der Waals surface area contributed by atoms with Crippen LogP contribution in [0.1, 0.15) is 5.56 Å². The van der Waals surface area contributed by atoms with E-state index in [2.05, 4.69) is 14.9 Å². The van der Waals surface area contributed by atoms with E-state index in [0.29, 0.717) is 23.8 Å². The SMILES string of the molecule is COc1cc(OC)c(CNc2cnns2)c(OC)c1. The van der Waals surface area contributed by atoms with Gasteiger partial charge in [0.15, 0.2) is 0 Å². The van der Waals surface area contributed by atoms with Gasteiger partial charge in [0.05, 0.1) is 33.1 Å². The Kier molecular flexibility index (Phi) is 4.40. The summed E-state index contributed by atoms with van der Waals surface area (Å²) >= 11 is 1.30. The molecule has 0 radical (unpaired) electrons. The van der Waals surface area contributed by atoms with Gasteiger partial charge in [-0.15, -0.1) is 5.10 Å². The van der Waals surface area contributed by atoms with Crippen LogP contribution in [0, 0.1) is 0 Å². The van der Waals surface area contributed by atoms with Gasteiger partial charge in [-0.3, -0.25) is 0 Å². The largest absolute Gasteiger partial charge is 0.496 e. The van der Waals surface area contributed by atoms with Gasteiger partial charge in [-0.25, -0.2) is 0 Å². The number of methoxy groups -OCH3 is 3. The van der Waals surface area contributed by atoms with Crippen LogP contribution in [0.3, 0.4) is 0 Å². The molecule has 1 heterocycles. The molecule has 0 atom stereocenters. The third kappa shape index (κ3) is 3.05. The van der Waals surface area contributed by atoms with Crippen LogP contribution in [0.15, 0.2) is 18.3 Å². The smallest absolute Gasteiger partial charge is 0.131 e. The number of anilines is 1. The summed E-state index contributed by atoms with van der Waals surface area (Å²) in [5.41, 5.74) is 0.916. The van der Waals surface area contributed by atoms with E-state index >= 15 is 0 Å². The number of benzene rings is 1. The highest BCUT2D eigenvalue weighted by Gasteiger charge is 2.13. The summed E-state index contributed by atoms with van der Waals surface area (Å²) in [5.74, 6) is 2.11. The highest BCUT2D eigenvalue weighted by atomic mass is 32.1. The van der Waals surface area contributed by atoms with Crippen LogP contribution in [0.25, 0.3) is 0 Å². The van der Waals surface area contributed by atoms with Gasteiger partial charge < -0.3 is 19.5 Å². The second-order valence-electron chi connectivity index (χ2n) is 3.65. The standard InChI is InChI=1S/C12H15N3O3S/c1-16-8-4-10(17-2)9(11(5-8)18-3)6-13-12-7-14-15-19-12/h4-5,7,13H,6H2,1-3H3.